The van der Waals surface area contributed by atoms with Crippen LogP contribution in [0.3, 0.4) is 0 Å². The van der Waals surface area contributed by atoms with E-state index in [1.807, 2.05) is 12.3 Å². The van der Waals surface area contributed by atoms with Gasteiger partial charge in [-0.3, -0.25) is 4.98 Å². The third kappa shape index (κ3) is 4.30. The van der Waals surface area contributed by atoms with Gasteiger partial charge in [0, 0.05) is 57.5 Å². The quantitative estimate of drug-likeness (QED) is 0.721. The summed E-state index contributed by atoms with van der Waals surface area (Å²) in [5.41, 5.74) is 7.87. The minimum atomic E-state index is 0.486. The van der Waals surface area contributed by atoms with E-state index in [4.69, 9.17) is 15.2 Å². The van der Waals surface area contributed by atoms with Crippen LogP contribution >= 0.6 is 0 Å². The second-order valence-corrected chi connectivity index (χ2v) is 3.68. The molecule has 1 rings (SSSR count). The van der Waals surface area contributed by atoms with E-state index in [-0.39, 0.29) is 0 Å². The van der Waals surface area contributed by atoms with Crippen molar-refractivity contribution in [2.75, 3.05) is 45.4 Å². The predicted molar refractivity (Wildman–Crippen MR) is 68.1 cm³/mol. The van der Waals surface area contributed by atoms with Gasteiger partial charge in [0.2, 0.25) is 0 Å². The van der Waals surface area contributed by atoms with Gasteiger partial charge in [0.25, 0.3) is 0 Å². The zero-order valence-corrected chi connectivity index (χ0v) is 10.6. The summed E-state index contributed by atoms with van der Waals surface area (Å²) in [4.78, 5) is 6.30. The van der Waals surface area contributed by atoms with E-state index < -0.39 is 0 Å². The van der Waals surface area contributed by atoms with Crippen LogP contribution in [0.5, 0.6) is 0 Å². The Kier molecular flexibility index (Phi) is 6.54. The predicted octanol–water partition coefficient (Wildman–Crippen LogP) is 0.639. The fraction of sp³-hybridized carbons (Fsp3) is 0.583. The standard InChI is InChI=1S/C12H21N3O2/c1-16-7-5-15(6-8-17-2)12-3-4-14-10-11(12)9-13/h3-4,10H,5-9,13H2,1-2H3. The van der Waals surface area contributed by atoms with Gasteiger partial charge in [0.1, 0.15) is 0 Å². The lowest BCUT2D eigenvalue weighted by Crippen LogP contribution is -2.31. The molecule has 2 N–H and O–H groups in total. The number of hydrogen-bond acceptors (Lipinski definition) is 5. The number of methoxy groups -OCH3 is 2. The molecule has 0 spiro atoms. The summed E-state index contributed by atoms with van der Waals surface area (Å²) in [7, 11) is 3.40. The van der Waals surface area contributed by atoms with Crippen LogP contribution in [-0.2, 0) is 16.0 Å². The minimum absolute atomic E-state index is 0.486. The van der Waals surface area contributed by atoms with E-state index in [9.17, 15) is 0 Å². The molecule has 0 saturated carbocycles. The number of aromatic nitrogens is 1. The maximum absolute atomic E-state index is 5.72. The number of nitrogens with two attached hydrogens (primary N) is 1. The van der Waals surface area contributed by atoms with Crippen LogP contribution in [-0.4, -0.2) is 45.5 Å². The van der Waals surface area contributed by atoms with Crippen LogP contribution < -0.4 is 10.6 Å². The van der Waals surface area contributed by atoms with Crippen molar-refractivity contribution < 1.29 is 9.47 Å². The Labute approximate surface area is 103 Å². The van der Waals surface area contributed by atoms with Crippen molar-refractivity contribution in [1.29, 1.82) is 0 Å². The molecule has 0 aliphatic heterocycles. The molecule has 0 amide bonds. The molecule has 0 bridgehead atoms. The highest BCUT2D eigenvalue weighted by molar-refractivity contribution is 5.52. The highest BCUT2D eigenvalue weighted by Gasteiger charge is 2.09. The molecule has 0 fully saturated rings. The van der Waals surface area contributed by atoms with Crippen molar-refractivity contribution in [3.8, 4) is 0 Å². The summed E-state index contributed by atoms with van der Waals surface area (Å²) in [5.74, 6) is 0. The molecule has 0 saturated heterocycles. The van der Waals surface area contributed by atoms with Crippen LogP contribution in [0.1, 0.15) is 5.56 Å². The van der Waals surface area contributed by atoms with Gasteiger partial charge in [-0.05, 0) is 6.07 Å². The maximum Gasteiger partial charge on any atom is 0.0637 e. The molecule has 0 atom stereocenters. The smallest absolute Gasteiger partial charge is 0.0637 e. The Morgan fingerprint density at radius 2 is 1.88 bits per heavy atom. The van der Waals surface area contributed by atoms with Gasteiger partial charge in [0.05, 0.1) is 13.2 Å². The topological polar surface area (TPSA) is 60.6 Å². The Bertz CT molecular complexity index is 312. The van der Waals surface area contributed by atoms with E-state index in [0.717, 1.165) is 24.3 Å². The Balaban J connectivity index is 2.78. The number of pyridine rings is 1. The van der Waals surface area contributed by atoms with Gasteiger partial charge < -0.3 is 20.1 Å². The summed E-state index contributed by atoms with van der Waals surface area (Å²) in [5, 5.41) is 0. The fourth-order valence-corrected chi connectivity index (χ4v) is 1.64. The van der Waals surface area contributed by atoms with Gasteiger partial charge >= 0.3 is 0 Å². The number of anilines is 1. The SMILES string of the molecule is COCCN(CCOC)c1ccncc1CN. The lowest BCUT2D eigenvalue weighted by molar-refractivity contribution is 0.190. The first-order chi connectivity index (χ1) is 8.33. The third-order valence-corrected chi connectivity index (χ3v) is 2.57. The molecule has 0 aliphatic carbocycles. The fourth-order valence-electron chi connectivity index (χ4n) is 1.64. The summed E-state index contributed by atoms with van der Waals surface area (Å²) < 4.78 is 10.2. The monoisotopic (exact) mass is 239 g/mol. The largest absolute Gasteiger partial charge is 0.383 e. The molecule has 0 aliphatic rings. The molecule has 1 aromatic heterocycles. The van der Waals surface area contributed by atoms with Gasteiger partial charge in [-0.25, -0.2) is 0 Å². The minimum Gasteiger partial charge on any atom is -0.383 e. The van der Waals surface area contributed by atoms with Gasteiger partial charge in [0.15, 0.2) is 0 Å². The van der Waals surface area contributed by atoms with Gasteiger partial charge in [-0.2, -0.15) is 0 Å². The van der Waals surface area contributed by atoms with E-state index in [2.05, 4.69) is 9.88 Å². The molecule has 17 heavy (non-hydrogen) atoms. The van der Waals surface area contributed by atoms with Crippen LogP contribution in [0.15, 0.2) is 18.5 Å². The zero-order chi connectivity index (χ0) is 12.5. The van der Waals surface area contributed by atoms with Crippen molar-refractivity contribution in [3.05, 3.63) is 24.0 Å². The first kappa shape index (κ1) is 13.9. The van der Waals surface area contributed by atoms with Crippen molar-refractivity contribution in [1.82, 2.24) is 4.98 Å². The molecule has 5 nitrogen and oxygen atoms in total. The molecular weight excluding hydrogens is 218 g/mol. The molecule has 0 radical (unpaired) electrons. The zero-order valence-electron chi connectivity index (χ0n) is 10.6. The highest BCUT2D eigenvalue weighted by Crippen LogP contribution is 2.18. The molecule has 1 aromatic rings. The van der Waals surface area contributed by atoms with Crippen LogP contribution in [0, 0.1) is 0 Å². The number of ether oxygens (including phenoxy) is 2. The Morgan fingerprint density at radius 1 is 1.24 bits per heavy atom. The normalized spacial score (nSPS) is 10.5. The second kappa shape index (κ2) is 8.00. The van der Waals surface area contributed by atoms with E-state index in [1.54, 1.807) is 20.4 Å². The lowest BCUT2D eigenvalue weighted by atomic mass is 10.2. The number of hydrogen-bond donors (Lipinski definition) is 1. The van der Waals surface area contributed by atoms with Gasteiger partial charge in [-0.1, -0.05) is 0 Å². The van der Waals surface area contributed by atoms with Crippen molar-refractivity contribution in [3.63, 3.8) is 0 Å². The average Bonchev–Trinajstić information content (AvgIpc) is 2.39. The number of rotatable bonds is 8. The van der Waals surface area contributed by atoms with E-state index in [0.29, 0.717) is 19.8 Å². The van der Waals surface area contributed by atoms with E-state index in [1.165, 1.54) is 0 Å². The molecule has 0 unspecified atom stereocenters. The molecule has 5 heteroatoms. The van der Waals surface area contributed by atoms with Crippen molar-refractivity contribution in [2.24, 2.45) is 5.73 Å². The molecule has 96 valence electrons. The van der Waals surface area contributed by atoms with Gasteiger partial charge in [-0.15, -0.1) is 0 Å². The first-order valence-electron chi connectivity index (χ1n) is 5.69. The summed E-state index contributed by atoms with van der Waals surface area (Å²) in [6, 6.07) is 1.98. The lowest BCUT2D eigenvalue weighted by Gasteiger charge is -2.26. The molecule has 0 aromatic carbocycles. The van der Waals surface area contributed by atoms with Crippen LogP contribution in [0.4, 0.5) is 5.69 Å². The summed E-state index contributed by atoms with van der Waals surface area (Å²) in [6.45, 7) is 3.47. The third-order valence-electron chi connectivity index (χ3n) is 2.57. The average molecular weight is 239 g/mol. The summed E-state index contributed by atoms with van der Waals surface area (Å²) >= 11 is 0. The Hall–Kier alpha value is -1.17. The first-order valence-corrected chi connectivity index (χ1v) is 5.69. The second-order valence-electron chi connectivity index (χ2n) is 3.68. The highest BCUT2D eigenvalue weighted by atomic mass is 16.5. The van der Waals surface area contributed by atoms with Crippen molar-refractivity contribution in [2.45, 2.75) is 6.54 Å². The van der Waals surface area contributed by atoms with E-state index >= 15 is 0 Å². The molecule has 1 heterocycles. The molecular formula is C12H21N3O2. The maximum atomic E-state index is 5.72. The van der Waals surface area contributed by atoms with Crippen LogP contribution in [0.25, 0.3) is 0 Å². The Morgan fingerprint density at radius 3 is 2.41 bits per heavy atom. The number of nitrogens with zero attached hydrogens (tertiary/aromatic N) is 2. The van der Waals surface area contributed by atoms with Crippen molar-refractivity contribution >= 4 is 5.69 Å². The van der Waals surface area contributed by atoms with Crippen LogP contribution in [0.2, 0.25) is 0 Å². The summed E-state index contributed by atoms with van der Waals surface area (Å²) in [6.07, 6.45) is 3.59.